The second kappa shape index (κ2) is 10.8. The third kappa shape index (κ3) is 5.52. The van der Waals surface area contributed by atoms with Crippen LogP contribution in [0.3, 0.4) is 0 Å². The number of hydrogen-bond acceptors (Lipinski definition) is 5. The van der Waals surface area contributed by atoms with Crippen LogP contribution in [0.15, 0.2) is 60.7 Å². The molecular formula is C27H34N4O2. The summed E-state index contributed by atoms with van der Waals surface area (Å²) >= 11 is 0. The van der Waals surface area contributed by atoms with Gasteiger partial charge in [-0.05, 0) is 32.1 Å². The Labute approximate surface area is 196 Å². The number of likely N-dealkylation sites (N-methyl/N-ethyl adjacent to an activating group) is 1. The summed E-state index contributed by atoms with van der Waals surface area (Å²) in [7, 11) is 4.11. The number of carbonyl (C=O) groups excluding carboxylic acids is 1. The highest BCUT2D eigenvalue weighted by Gasteiger charge is 2.30. The van der Waals surface area contributed by atoms with Gasteiger partial charge in [0.05, 0.1) is 13.2 Å². The van der Waals surface area contributed by atoms with E-state index in [1.165, 1.54) is 16.8 Å². The smallest absolute Gasteiger partial charge is 0.359 e. The molecule has 33 heavy (non-hydrogen) atoms. The Hall–Kier alpha value is -2.96. The summed E-state index contributed by atoms with van der Waals surface area (Å²) in [6.07, 6.45) is 0.880. The first-order chi connectivity index (χ1) is 16.1. The van der Waals surface area contributed by atoms with Gasteiger partial charge in [0.1, 0.15) is 0 Å². The molecule has 6 nitrogen and oxygen atoms in total. The maximum absolute atomic E-state index is 12.7. The van der Waals surface area contributed by atoms with Gasteiger partial charge < -0.3 is 9.64 Å². The van der Waals surface area contributed by atoms with Gasteiger partial charge in [-0.1, -0.05) is 60.7 Å². The molecule has 2 heterocycles. The fraction of sp³-hybridized carbons (Fsp3) is 0.407. The molecule has 0 unspecified atom stereocenters. The topological polar surface area (TPSA) is 50.6 Å². The third-order valence-corrected chi connectivity index (χ3v) is 6.29. The number of rotatable bonds is 9. The SMILES string of the molecule is CCOC(=O)c1nn(CCN(C)C)c2c1CN(CC(c1ccccc1)c1ccccc1)CC2. The van der Waals surface area contributed by atoms with Crippen LogP contribution in [0.25, 0.3) is 0 Å². The minimum atomic E-state index is -0.318. The molecule has 1 aliphatic rings. The van der Waals surface area contributed by atoms with E-state index in [0.29, 0.717) is 18.8 Å². The van der Waals surface area contributed by atoms with Crippen LogP contribution < -0.4 is 0 Å². The molecular weight excluding hydrogens is 412 g/mol. The second-order valence-electron chi connectivity index (χ2n) is 8.88. The lowest BCUT2D eigenvalue weighted by Crippen LogP contribution is -2.35. The normalized spacial score (nSPS) is 14.0. The predicted molar refractivity (Wildman–Crippen MR) is 130 cm³/mol. The Kier molecular flexibility index (Phi) is 7.57. The van der Waals surface area contributed by atoms with Gasteiger partial charge in [0.15, 0.2) is 5.69 Å². The molecule has 0 bridgehead atoms. The molecule has 0 spiro atoms. The van der Waals surface area contributed by atoms with Crippen molar-refractivity contribution < 1.29 is 9.53 Å². The van der Waals surface area contributed by atoms with Crippen molar-refractivity contribution in [3.05, 3.63) is 88.7 Å². The Bertz CT molecular complexity index is 1010. The lowest BCUT2D eigenvalue weighted by molar-refractivity contribution is 0.0515. The Balaban J connectivity index is 1.61. The van der Waals surface area contributed by atoms with E-state index in [0.717, 1.165) is 38.2 Å². The fourth-order valence-corrected chi connectivity index (χ4v) is 4.58. The molecule has 174 valence electrons. The van der Waals surface area contributed by atoms with Crippen molar-refractivity contribution in [2.24, 2.45) is 0 Å². The Morgan fingerprint density at radius 1 is 1.06 bits per heavy atom. The highest BCUT2D eigenvalue weighted by molar-refractivity contribution is 5.89. The lowest BCUT2D eigenvalue weighted by Gasteiger charge is -2.31. The minimum Gasteiger partial charge on any atom is -0.461 e. The molecule has 1 aliphatic heterocycles. The number of fused-ring (bicyclic) bond motifs is 1. The van der Waals surface area contributed by atoms with Crippen molar-refractivity contribution >= 4 is 5.97 Å². The van der Waals surface area contributed by atoms with Crippen molar-refractivity contribution in [3.63, 3.8) is 0 Å². The van der Waals surface area contributed by atoms with Crippen LogP contribution in [0.1, 0.15) is 45.7 Å². The number of carbonyl (C=O) groups is 1. The predicted octanol–water partition coefficient (Wildman–Crippen LogP) is 3.81. The van der Waals surface area contributed by atoms with E-state index in [2.05, 4.69) is 84.6 Å². The zero-order chi connectivity index (χ0) is 23.2. The van der Waals surface area contributed by atoms with Gasteiger partial charge in [0, 0.05) is 49.8 Å². The van der Waals surface area contributed by atoms with Gasteiger partial charge in [-0.3, -0.25) is 9.58 Å². The van der Waals surface area contributed by atoms with Gasteiger partial charge in [-0.2, -0.15) is 5.10 Å². The van der Waals surface area contributed by atoms with Crippen LogP contribution in [0.4, 0.5) is 0 Å². The third-order valence-electron chi connectivity index (χ3n) is 6.29. The maximum atomic E-state index is 12.7. The summed E-state index contributed by atoms with van der Waals surface area (Å²) in [5.41, 5.74) is 5.29. The van der Waals surface area contributed by atoms with Gasteiger partial charge >= 0.3 is 5.97 Å². The van der Waals surface area contributed by atoms with E-state index >= 15 is 0 Å². The summed E-state index contributed by atoms with van der Waals surface area (Å²) in [6.45, 7) is 6.38. The number of esters is 1. The fourth-order valence-electron chi connectivity index (χ4n) is 4.58. The van der Waals surface area contributed by atoms with Gasteiger partial charge in [0.2, 0.25) is 0 Å². The number of benzene rings is 2. The highest BCUT2D eigenvalue weighted by atomic mass is 16.5. The maximum Gasteiger partial charge on any atom is 0.359 e. The first-order valence-corrected chi connectivity index (χ1v) is 11.8. The van der Waals surface area contributed by atoms with E-state index in [4.69, 9.17) is 9.84 Å². The molecule has 0 radical (unpaired) electrons. The second-order valence-corrected chi connectivity index (χ2v) is 8.88. The molecule has 0 fully saturated rings. The lowest BCUT2D eigenvalue weighted by atomic mass is 9.90. The minimum absolute atomic E-state index is 0.267. The first kappa shape index (κ1) is 23.2. The molecule has 4 rings (SSSR count). The van der Waals surface area contributed by atoms with Crippen molar-refractivity contribution in [3.8, 4) is 0 Å². The first-order valence-electron chi connectivity index (χ1n) is 11.8. The Morgan fingerprint density at radius 3 is 2.27 bits per heavy atom. The quantitative estimate of drug-likeness (QED) is 0.468. The molecule has 6 heteroatoms. The van der Waals surface area contributed by atoms with Crippen LogP contribution in [0, 0.1) is 0 Å². The van der Waals surface area contributed by atoms with E-state index in [-0.39, 0.29) is 11.9 Å². The van der Waals surface area contributed by atoms with E-state index in [1.54, 1.807) is 0 Å². The number of aromatic nitrogens is 2. The number of ether oxygens (including phenoxy) is 1. The van der Waals surface area contributed by atoms with Crippen LogP contribution >= 0.6 is 0 Å². The van der Waals surface area contributed by atoms with E-state index in [1.807, 2.05) is 11.6 Å². The van der Waals surface area contributed by atoms with Crippen LogP contribution in [0.5, 0.6) is 0 Å². The standard InChI is InChI=1S/C27H34N4O2/c1-4-33-27(32)26-24-20-30(16-15-25(24)31(28-26)18-17-29(2)3)19-23(21-11-7-5-8-12-21)22-13-9-6-10-14-22/h5-14,23H,4,15-20H2,1-3H3. The van der Waals surface area contributed by atoms with Crippen LogP contribution in [0.2, 0.25) is 0 Å². The summed E-state index contributed by atoms with van der Waals surface area (Å²) in [4.78, 5) is 17.3. The molecule has 0 saturated heterocycles. The van der Waals surface area contributed by atoms with Gasteiger partial charge in [0.25, 0.3) is 0 Å². The Morgan fingerprint density at radius 2 is 1.70 bits per heavy atom. The summed E-state index contributed by atoms with van der Waals surface area (Å²) in [5, 5.41) is 4.70. The zero-order valence-corrected chi connectivity index (χ0v) is 19.9. The van der Waals surface area contributed by atoms with E-state index < -0.39 is 0 Å². The summed E-state index contributed by atoms with van der Waals surface area (Å²) < 4.78 is 7.36. The average Bonchev–Trinajstić information content (AvgIpc) is 3.20. The van der Waals surface area contributed by atoms with Crippen molar-refractivity contribution in [1.29, 1.82) is 0 Å². The molecule has 2 aromatic carbocycles. The molecule has 0 N–H and O–H groups in total. The summed E-state index contributed by atoms with van der Waals surface area (Å²) in [6, 6.07) is 21.4. The van der Waals surface area contributed by atoms with Crippen molar-refractivity contribution in [1.82, 2.24) is 19.6 Å². The average molecular weight is 447 g/mol. The monoisotopic (exact) mass is 446 g/mol. The number of hydrogen-bond donors (Lipinski definition) is 0. The van der Waals surface area contributed by atoms with Gasteiger partial charge in [-0.25, -0.2) is 4.79 Å². The molecule has 0 saturated carbocycles. The van der Waals surface area contributed by atoms with Crippen molar-refractivity contribution in [2.45, 2.75) is 32.4 Å². The molecule has 3 aromatic rings. The molecule has 1 aromatic heterocycles. The van der Waals surface area contributed by atoms with Crippen molar-refractivity contribution in [2.75, 3.05) is 40.3 Å². The molecule has 0 atom stereocenters. The van der Waals surface area contributed by atoms with E-state index in [9.17, 15) is 4.79 Å². The zero-order valence-electron chi connectivity index (χ0n) is 19.9. The highest BCUT2D eigenvalue weighted by Crippen LogP contribution is 2.29. The van der Waals surface area contributed by atoms with Gasteiger partial charge in [-0.15, -0.1) is 0 Å². The largest absolute Gasteiger partial charge is 0.461 e. The molecule has 0 amide bonds. The van der Waals surface area contributed by atoms with Crippen LogP contribution in [-0.4, -0.2) is 65.9 Å². The summed E-state index contributed by atoms with van der Waals surface area (Å²) in [5.74, 6) is -0.0503. The van der Waals surface area contributed by atoms with Crippen LogP contribution in [-0.2, 0) is 24.2 Å². The molecule has 0 aliphatic carbocycles. The number of nitrogens with zero attached hydrogens (tertiary/aromatic N) is 4.